The Bertz CT molecular complexity index is 475. The molecule has 0 saturated heterocycles. The topological polar surface area (TPSA) is 41.1 Å². The van der Waals surface area contributed by atoms with E-state index in [1.165, 1.54) is 18.4 Å². The summed E-state index contributed by atoms with van der Waals surface area (Å²) in [7, 11) is 0. The van der Waals surface area contributed by atoms with Gasteiger partial charge in [-0.1, -0.05) is 19.9 Å². The SMILES string of the molecule is CC1(C)Cc2ccc(NC3CC3)cc2NC1=O. The fourth-order valence-electron chi connectivity index (χ4n) is 2.25. The van der Waals surface area contributed by atoms with Crippen LogP contribution in [0.4, 0.5) is 11.4 Å². The highest BCUT2D eigenvalue weighted by Gasteiger charge is 2.33. The van der Waals surface area contributed by atoms with Crippen LogP contribution in [0.5, 0.6) is 0 Å². The van der Waals surface area contributed by atoms with Gasteiger partial charge in [-0.05, 0) is 37.0 Å². The number of rotatable bonds is 2. The van der Waals surface area contributed by atoms with Crippen LogP contribution < -0.4 is 10.6 Å². The monoisotopic (exact) mass is 230 g/mol. The zero-order valence-corrected chi connectivity index (χ0v) is 10.3. The molecule has 0 unspecified atom stereocenters. The van der Waals surface area contributed by atoms with Crippen molar-refractivity contribution in [1.29, 1.82) is 0 Å². The Morgan fingerprint density at radius 1 is 1.35 bits per heavy atom. The number of hydrogen-bond acceptors (Lipinski definition) is 2. The first-order valence-corrected chi connectivity index (χ1v) is 6.25. The largest absolute Gasteiger partial charge is 0.382 e. The quantitative estimate of drug-likeness (QED) is 0.820. The number of benzene rings is 1. The summed E-state index contributed by atoms with van der Waals surface area (Å²) in [5.74, 6) is 0.119. The molecule has 1 aliphatic heterocycles. The Balaban J connectivity index is 1.88. The third-order valence-corrected chi connectivity index (χ3v) is 3.55. The second kappa shape index (κ2) is 3.49. The van der Waals surface area contributed by atoms with E-state index in [1.807, 2.05) is 13.8 Å². The summed E-state index contributed by atoms with van der Waals surface area (Å²) >= 11 is 0. The van der Waals surface area contributed by atoms with Gasteiger partial charge in [0, 0.05) is 22.8 Å². The third kappa shape index (κ3) is 2.02. The van der Waals surface area contributed by atoms with E-state index in [9.17, 15) is 4.79 Å². The van der Waals surface area contributed by atoms with Gasteiger partial charge in [-0.3, -0.25) is 4.79 Å². The van der Waals surface area contributed by atoms with E-state index in [-0.39, 0.29) is 11.3 Å². The van der Waals surface area contributed by atoms with Crippen LogP contribution >= 0.6 is 0 Å². The molecule has 2 aliphatic rings. The Hall–Kier alpha value is -1.51. The van der Waals surface area contributed by atoms with E-state index in [0.717, 1.165) is 17.8 Å². The molecule has 3 nitrogen and oxygen atoms in total. The van der Waals surface area contributed by atoms with Crippen molar-refractivity contribution >= 4 is 17.3 Å². The van der Waals surface area contributed by atoms with Crippen LogP contribution in [-0.4, -0.2) is 11.9 Å². The molecule has 1 saturated carbocycles. The van der Waals surface area contributed by atoms with Crippen LogP contribution in [0.15, 0.2) is 18.2 Å². The lowest BCUT2D eigenvalue weighted by Crippen LogP contribution is -2.37. The van der Waals surface area contributed by atoms with Crippen molar-refractivity contribution in [3.8, 4) is 0 Å². The molecule has 1 fully saturated rings. The minimum absolute atomic E-state index is 0.119. The van der Waals surface area contributed by atoms with Crippen molar-refractivity contribution in [1.82, 2.24) is 0 Å². The summed E-state index contributed by atoms with van der Waals surface area (Å²) in [6.45, 7) is 3.98. The molecule has 17 heavy (non-hydrogen) atoms. The first-order valence-electron chi connectivity index (χ1n) is 6.25. The van der Waals surface area contributed by atoms with Gasteiger partial charge in [-0.15, -0.1) is 0 Å². The average Bonchev–Trinajstić information content (AvgIpc) is 3.04. The van der Waals surface area contributed by atoms with E-state index < -0.39 is 0 Å². The van der Waals surface area contributed by atoms with Crippen LogP contribution in [0.1, 0.15) is 32.3 Å². The first kappa shape index (κ1) is 10.6. The fraction of sp³-hybridized carbons (Fsp3) is 0.500. The van der Waals surface area contributed by atoms with Crippen LogP contribution in [0.2, 0.25) is 0 Å². The molecule has 0 bridgehead atoms. The molecular formula is C14H18N2O. The highest BCUT2D eigenvalue weighted by molar-refractivity contribution is 5.98. The number of hydrogen-bond donors (Lipinski definition) is 2. The van der Waals surface area contributed by atoms with Gasteiger partial charge in [0.15, 0.2) is 0 Å². The van der Waals surface area contributed by atoms with E-state index >= 15 is 0 Å². The molecular weight excluding hydrogens is 212 g/mol. The van der Waals surface area contributed by atoms with Crippen LogP contribution in [-0.2, 0) is 11.2 Å². The van der Waals surface area contributed by atoms with Crippen molar-refractivity contribution in [2.45, 2.75) is 39.2 Å². The zero-order chi connectivity index (χ0) is 12.0. The van der Waals surface area contributed by atoms with Crippen molar-refractivity contribution < 1.29 is 4.79 Å². The molecule has 2 N–H and O–H groups in total. The number of carbonyl (C=O) groups is 1. The highest BCUT2D eigenvalue weighted by Crippen LogP contribution is 2.35. The lowest BCUT2D eigenvalue weighted by Gasteiger charge is -2.30. The number of carbonyl (C=O) groups excluding carboxylic acids is 1. The van der Waals surface area contributed by atoms with E-state index in [2.05, 4.69) is 28.8 Å². The summed E-state index contributed by atoms with van der Waals surface area (Å²) in [5.41, 5.74) is 3.03. The average molecular weight is 230 g/mol. The van der Waals surface area contributed by atoms with Gasteiger partial charge in [-0.25, -0.2) is 0 Å². The molecule has 1 aliphatic carbocycles. The summed E-state index contributed by atoms with van der Waals surface area (Å²) in [5, 5.41) is 6.46. The minimum Gasteiger partial charge on any atom is -0.382 e. The Morgan fingerprint density at radius 2 is 2.12 bits per heavy atom. The second-order valence-electron chi connectivity index (χ2n) is 5.81. The van der Waals surface area contributed by atoms with Gasteiger partial charge in [-0.2, -0.15) is 0 Å². The number of fused-ring (bicyclic) bond motifs is 1. The maximum absolute atomic E-state index is 11.9. The highest BCUT2D eigenvalue weighted by atomic mass is 16.2. The normalized spacial score (nSPS) is 21.6. The predicted molar refractivity (Wildman–Crippen MR) is 69.2 cm³/mol. The summed E-state index contributed by atoms with van der Waals surface area (Å²) in [4.78, 5) is 11.9. The maximum Gasteiger partial charge on any atom is 0.230 e. The standard InChI is InChI=1S/C14H18N2O/c1-14(2)8-9-3-4-11(15-10-5-6-10)7-12(9)16-13(14)17/h3-4,7,10,15H,5-6,8H2,1-2H3,(H,16,17). The van der Waals surface area contributed by atoms with Crippen molar-refractivity contribution in [3.63, 3.8) is 0 Å². The summed E-state index contributed by atoms with van der Waals surface area (Å²) in [6, 6.07) is 6.94. The Morgan fingerprint density at radius 3 is 2.82 bits per heavy atom. The van der Waals surface area contributed by atoms with E-state index in [1.54, 1.807) is 0 Å². The minimum atomic E-state index is -0.293. The molecule has 1 aromatic carbocycles. The molecule has 0 spiro atoms. The first-order chi connectivity index (χ1) is 8.04. The second-order valence-corrected chi connectivity index (χ2v) is 5.81. The van der Waals surface area contributed by atoms with Gasteiger partial charge in [0.2, 0.25) is 5.91 Å². The Kier molecular flexibility index (Phi) is 2.18. The number of amides is 1. The van der Waals surface area contributed by atoms with Crippen molar-refractivity contribution in [2.75, 3.05) is 10.6 Å². The summed E-state index contributed by atoms with van der Waals surface area (Å²) in [6.07, 6.45) is 3.34. The van der Waals surface area contributed by atoms with Gasteiger partial charge >= 0.3 is 0 Å². The molecule has 3 heteroatoms. The molecule has 1 amide bonds. The zero-order valence-electron chi connectivity index (χ0n) is 10.3. The maximum atomic E-state index is 11.9. The van der Waals surface area contributed by atoms with Crippen LogP contribution in [0.25, 0.3) is 0 Å². The van der Waals surface area contributed by atoms with Crippen LogP contribution in [0.3, 0.4) is 0 Å². The molecule has 3 rings (SSSR count). The lowest BCUT2D eigenvalue weighted by atomic mass is 9.81. The molecule has 90 valence electrons. The van der Waals surface area contributed by atoms with Crippen molar-refractivity contribution in [3.05, 3.63) is 23.8 Å². The summed E-state index contributed by atoms with van der Waals surface area (Å²) < 4.78 is 0. The van der Waals surface area contributed by atoms with Gasteiger partial charge < -0.3 is 10.6 Å². The smallest absolute Gasteiger partial charge is 0.230 e. The van der Waals surface area contributed by atoms with Crippen molar-refractivity contribution in [2.24, 2.45) is 5.41 Å². The van der Waals surface area contributed by atoms with E-state index in [0.29, 0.717) is 6.04 Å². The number of anilines is 2. The van der Waals surface area contributed by atoms with Gasteiger partial charge in [0.25, 0.3) is 0 Å². The number of nitrogens with one attached hydrogen (secondary N) is 2. The third-order valence-electron chi connectivity index (χ3n) is 3.55. The predicted octanol–water partition coefficient (Wildman–Crippen LogP) is 2.78. The van der Waals surface area contributed by atoms with E-state index in [4.69, 9.17) is 0 Å². The molecule has 0 aromatic heterocycles. The molecule has 0 radical (unpaired) electrons. The molecule has 0 atom stereocenters. The Labute approximate surface area is 102 Å². The van der Waals surface area contributed by atoms with Gasteiger partial charge in [0.05, 0.1) is 0 Å². The van der Waals surface area contributed by atoms with Crippen LogP contribution in [0, 0.1) is 5.41 Å². The molecule has 1 aromatic rings. The fourth-order valence-corrected chi connectivity index (χ4v) is 2.25. The lowest BCUT2D eigenvalue weighted by molar-refractivity contribution is -0.124. The molecule has 1 heterocycles. The van der Waals surface area contributed by atoms with Gasteiger partial charge in [0.1, 0.15) is 0 Å².